The Kier molecular flexibility index (Phi) is 5.59. The van der Waals surface area contributed by atoms with E-state index in [4.69, 9.17) is 4.89 Å². The zero-order chi connectivity index (χ0) is 16.3. The van der Waals surface area contributed by atoms with Crippen LogP contribution in [0.4, 0.5) is 17.6 Å². The molecule has 0 fully saturated rings. The Hall–Kier alpha value is -1.33. The number of benzene rings is 1. The predicted octanol–water partition coefficient (Wildman–Crippen LogP) is 2.05. The predicted molar refractivity (Wildman–Crippen MR) is 57.1 cm³/mol. The highest BCUT2D eigenvalue weighted by Gasteiger charge is 2.36. The summed E-state index contributed by atoms with van der Waals surface area (Å²) in [5.74, 6) is -2.92. The quantitative estimate of drug-likeness (QED) is 0.362. The molecule has 0 aliphatic rings. The van der Waals surface area contributed by atoms with Crippen LogP contribution in [-0.4, -0.2) is 26.5 Å². The number of hydrogen-bond acceptors (Lipinski definition) is 6. The van der Waals surface area contributed by atoms with E-state index in [1.807, 2.05) is 0 Å². The van der Waals surface area contributed by atoms with Gasteiger partial charge in [-0.2, -0.15) is 8.42 Å². The number of halogens is 4. The van der Waals surface area contributed by atoms with Crippen molar-refractivity contribution in [2.24, 2.45) is 0 Å². The average molecular weight is 353 g/mol. The Bertz CT molecular complexity index is 630. The standard InChI is InChI=1S/C8H5F4O7PS/c9-5-2-1-3-6(19-8(10,11)12)7(5)21(15,16)18-4-17-20(13)14/h1-3H,4H2/p+1. The minimum atomic E-state index is -5.26. The van der Waals surface area contributed by atoms with Gasteiger partial charge in [-0.1, -0.05) is 10.6 Å². The van der Waals surface area contributed by atoms with Crippen molar-refractivity contribution in [1.29, 1.82) is 0 Å². The molecular weight excluding hydrogens is 347 g/mol. The Labute approximate surface area is 116 Å². The third-order valence-electron chi connectivity index (χ3n) is 1.77. The lowest BCUT2D eigenvalue weighted by atomic mass is 10.3. The molecule has 0 aliphatic carbocycles. The van der Waals surface area contributed by atoms with E-state index in [1.165, 1.54) is 0 Å². The Morgan fingerprint density at radius 1 is 1.29 bits per heavy atom. The molecular formula is C8H6F4O7PS+. The first-order chi connectivity index (χ1) is 9.53. The van der Waals surface area contributed by atoms with Crippen LogP contribution in [0.2, 0.25) is 0 Å². The molecule has 1 aromatic rings. The highest BCUT2D eigenvalue weighted by Crippen LogP contribution is 2.32. The Morgan fingerprint density at radius 2 is 1.90 bits per heavy atom. The molecule has 21 heavy (non-hydrogen) atoms. The molecule has 1 N–H and O–H groups in total. The molecule has 0 heterocycles. The molecule has 0 aliphatic heterocycles. The van der Waals surface area contributed by atoms with Crippen molar-refractivity contribution in [2.75, 3.05) is 6.79 Å². The third-order valence-corrected chi connectivity index (χ3v) is 3.40. The van der Waals surface area contributed by atoms with E-state index in [0.29, 0.717) is 12.1 Å². The normalized spacial score (nSPS) is 13.1. The van der Waals surface area contributed by atoms with Crippen molar-refractivity contribution in [3.63, 3.8) is 0 Å². The van der Waals surface area contributed by atoms with Crippen LogP contribution in [0.5, 0.6) is 5.75 Å². The first-order valence-electron chi connectivity index (χ1n) is 4.75. The van der Waals surface area contributed by atoms with E-state index >= 15 is 0 Å². The van der Waals surface area contributed by atoms with Crippen molar-refractivity contribution < 1.29 is 48.9 Å². The van der Waals surface area contributed by atoms with Gasteiger partial charge >= 0.3 is 24.7 Å². The van der Waals surface area contributed by atoms with Crippen LogP contribution < -0.4 is 4.74 Å². The molecule has 1 aromatic carbocycles. The summed E-state index contributed by atoms with van der Waals surface area (Å²) in [4.78, 5) is 6.73. The van der Waals surface area contributed by atoms with Crippen molar-refractivity contribution in [1.82, 2.24) is 0 Å². The molecule has 0 bridgehead atoms. The second-order valence-electron chi connectivity index (χ2n) is 3.17. The molecule has 0 saturated heterocycles. The molecule has 13 heteroatoms. The number of hydrogen-bond donors (Lipinski definition) is 1. The van der Waals surface area contributed by atoms with E-state index in [1.54, 1.807) is 0 Å². The molecule has 7 nitrogen and oxygen atoms in total. The Balaban J connectivity index is 3.12. The summed E-state index contributed by atoms with van der Waals surface area (Å²) in [6, 6.07) is 1.91. The van der Waals surface area contributed by atoms with Crippen LogP contribution >= 0.6 is 8.25 Å². The fourth-order valence-electron chi connectivity index (χ4n) is 1.13. The van der Waals surface area contributed by atoms with Crippen molar-refractivity contribution in [2.45, 2.75) is 11.3 Å². The zero-order valence-electron chi connectivity index (χ0n) is 9.70. The molecule has 118 valence electrons. The highest BCUT2D eigenvalue weighted by molar-refractivity contribution is 7.86. The lowest BCUT2D eigenvalue weighted by Crippen LogP contribution is -2.20. The summed E-state index contributed by atoms with van der Waals surface area (Å²) in [5, 5.41) is 0. The summed E-state index contributed by atoms with van der Waals surface area (Å²) in [5.41, 5.74) is 0. The SMILES string of the molecule is O=[P+](O)OCOS(=O)(=O)c1c(F)cccc1OC(F)(F)F. The summed E-state index contributed by atoms with van der Waals surface area (Å²) < 4.78 is 94.3. The molecule has 1 unspecified atom stereocenters. The number of ether oxygens (including phenoxy) is 1. The summed E-state index contributed by atoms with van der Waals surface area (Å²) in [6.45, 7) is -1.30. The first-order valence-corrected chi connectivity index (χ1v) is 7.29. The first kappa shape index (κ1) is 17.7. The molecule has 0 amide bonds. The lowest BCUT2D eigenvalue weighted by molar-refractivity contribution is -0.275. The van der Waals surface area contributed by atoms with Gasteiger partial charge in [0.05, 0.1) is 0 Å². The van der Waals surface area contributed by atoms with Crippen LogP contribution in [0.15, 0.2) is 23.1 Å². The molecule has 0 spiro atoms. The fraction of sp³-hybridized carbons (Fsp3) is 0.250. The van der Waals surface area contributed by atoms with Gasteiger partial charge in [0, 0.05) is 4.57 Å². The molecule has 1 rings (SSSR count). The van der Waals surface area contributed by atoms with Gasteiger partial charge in [0.2, 0.25) is 6.79 Å². The highest BCUT2D eigenvalue weighted by atomic mass is 32.2. The van der Waals surface area contributed by atoms with Gasteiger partial charge in [0.1, 0.15) is 5.82 Å². The van der Waals surface area contributed by atoms with Gasteiger partial charge in [-0.15, -0.1) is 18.1 Å². The zero-order valence-corrected chi connectivity index (χ0v) is 11.4. The Morgan fingerprint density at radius 3 is 2.43 bits per heavy atom. The summed E-state index contributed by atoms with van der Waals surface area (Å²) in [6.07, 6.45) is -5.26. The maximum Gasteiger partial charge on any atom is 0.697 e. The lowest BCUT2D eigenvalue weighted by Gasteiger charge is -2.13. The van der Waals surface area contributed by atoms with Crippen LogP contribution in [0.1, 0.15) is 0 Å². The van der Waals surface area contributed by atoms with Crippen molar-refractivity contribution in [3.8, 4) is 5.75 Å². The maximum atomic E-state index is 13.5. The average Bonchev–Trinajstić information content (AvgIpc) is 2.25. The van der Waals surface area contributed by atoms with Gasteiger partial charge < -0.3 is 4.74 Å². The fourth-order valence-corrected chi connectivity index (χ4v) is 2.30. The summed E-state index contributed by atoms with van der Waals surface area (Å²) >= 11 is 0. The van der Waals surface area contributed by atoms with E-state index < -0.39 is 48.0 Å². The van der Waals surface area contributed by atoms with Crippen LogP contribution in [0, 0.1) is 5.82 Å². The van der Waals surface area contributed by atoms with Gasteiger partial charge in [0.25, 0.3) is 0 Å². The molecule has 0 aromatic heterocycles. The van der Waals surface area contributed by atoms with Gasteiger partial charge in [-0.05, 0) is 12.1 Å². The number of alkyl halides is 3. The van der Waals surface area contributed by atoms with Crippen LogP contribution in [0.3, 0.4) is 0 Å². The van der Waals surface area contributed by atoms with Gasteiger partial charge in [0.15, 0.2) is 10.6 Å². The number of rotatable bonds is 6. The van der Waals surface area contributed by atoms with E-state index in [-0.39, 0.29) is 0 Å². The molecule has 0 radical (unpaired) electrons. The smallest absolute Gasteiger partial charge is 0.404 e. The van der Waals surface area contributed by atoms with Crippen molar-refractivity contribution in [3.05, 3.63) is 24.0 Å². The second kappa shape index (κ2) is 6.62. The monoisotopic (exact) mass is 353 g/mol. The largest absolute Gasteiger partial charge is 0.697 e. The van der Waals surface area contributed by atoms with E-state index in [9.17, 15) is 30.5 Å². The van der Waals surface area contributed by atoms with E-state index in [0.717, 1.165) is 6.07 Å². The van der Waals surface area contributed by atoms with Gasteiger partial charge in [-0.25, -0.2) is 8.57 Å². The topological polar surface area (TPSA) is 99.1 Å². The summed E-state index contributed by atoms with van der Waals surface area (Å²) in [7, 11) is -8.26. The van der Waals surface area contributed by atoms with Crippen molar-refractivity contribution >= 4 is 18.4 Å². The molecule has 0 saturated carbocycles. The minimum Gasteiger partial charge on any atom is -0.404 e. The maximum absolute atomic E-state index is 13.5. The van der Waals surface area contributed by atoms with Crippen LogP contribution in [0.25, 0.3) is 0 Å². The molecule has 1 atom stereocenters. The third kappa shape index (κ3) is 5.52. The minimum absolute atomic E-state index is 0.556. The van der Waals surface area contributed by atoms with Crippen LogP contribution in [-0.2, 0) is 23.4 Å². The second-order valence-corrected chi connectivity index (χ2v) is 5.46. The van der Waals surface area contributed by atoms with E-state index in [2.05, 4.69) is 13.4 Å². The van der Waals surface area contributed by atoms with Gasteiger partial charge in [-0.3, -0.25) is 0 Å².